The van der Waals surface area contributed by atoms with Crippen LogP contribution in [0.25, 0.3) is 17.5 Å². The van der Waals surface area contributed by atoms with Crippen LogP contribution >= 0.6 is 0 Å². The molecule has 0 atom stereocenters. The van der Waals surface area contributed by atoms with Crippen LogP contribution in [0.2, 0.25) is 0 Å². The highest BCUT2D eigenvalue weighted by atomic mass is 16.1. The minimum atomic E-state index is -0.503. The van der Waals surface area contributed by atoms with Crippen molar-refractivity contribution < 1.29 is 0 Å². The maximum absolute atomic E-state index is 13.3. The van der Waals surface area contributed by atoms with Crippen molar-refractivity contribution in [3.8, 4) is 17.4 Å². The molecule has 0 amide bonds. The Morgan fingerprint density at radius 2 is 1.72 bits per heavy atom. The second-order valence-corrected chi connectivity index (χ2v) is 7.06. The Balaban J connectivity index is 2.33. The molecule has 0 N–H and O–H groups in total. The zero-order valence-corrected chi connectivity index (χ0v) is 17.2. The maximum atomic E-state index is 13.3. The van der Waals surface area contributed by atoms with E-state index in [4.69, 9.17) is 0 Å². The third-order valence-electron chi connectivity index (χ3n) is 4.83. The summed E-state index contributed by atoms with van der Waals surface area (Å²) in [6.07, 6.45) is 3.49. The smallest absolute Gasteiger partial charge is 0.296 e. The van der Waals surface area contributed by atoms with Gasteiger partial charge in [-0.3, -0.25) is 18.8 Å². The molecule has 29 heavy (non-hydrogen) atoms. The highest BCUT2D eigenvalue weighted by Crippen LogP contribution is 2.17. The van der Waals surface area contributed by atoms with Gasteiger partial charge in [-0.15, -0.1) is 0 Å². The lowest BCUT2D eigenvalue weighted by atomic mass is 10.1. The number of hydrogen-bond donors (Lipinski definition) is 0. The van der Waals surface area contributed by atoms with Crippen LogP contribution < -0.4 is 11.1 Å². The predicted molar refractivity (Wildman–Crippen MR) is 114 cm³/mol. The first-order chi connectivity index (χ1) is 13.8. The number of pyridine rings is 1. The number of nitriles is 1. The molecule has 0 saturated heterocycles. The molecule has 0 aliphatic carbocycles. The Hall–Kier alpha value is -3.79. The molecule has 0 unspecified atom stereocenters. The van der Waals surface area contributed by atoms with Crippen LogP contribution in [0.4, 0.5) is 0 Å². The molecule has 148 valence electrons. The van der Waals surface area contributed by atoms with Gasteiger partial charge in [-0.05, 0) is 44.3 Å². The fraction of sp³-hybridized carbons (Fsp3) is 0.227. The summed E-state index contributed by atoms with van der Waals surface area (Å²) in [5.74, 6) is 0. The number of benzene rings is 1. The molecule has 3 rings (SSSR count). The summed E-state index contributed by atoms with van der Waals surface area (Å²) in [5, 5.41) is 9.60. The van der Waals surface area contributed by atoms with E-state index in [1.807, 2.05) is 55.4 Å². The molecule has 0 saturated carbocycles. The van der Waals surface area contributed by atoms with Crippen molar-refractivity contribution in [3.05, 3.63) is 85.8 Å². The molecule has 2 aromatic heterocycles. The minimum absolute atomic E-state index is 0.00242. The maximum Gasteiger partial charge on any atom is 0.296 e. The summed E-state index contributed by atoms with van der Waals surface area (Å²) in [6, 6.07) is 13.0. The number of aryl methyl sites for hydroxylation is 1. The molecule has 0 aliphatic rings. The van der Waals surface area contributed by atoms with Gasteiger partial charge in [0.25, 0.3) is 11.1 Å². The SMILES string of the molecule is Cc1cc(/C=C/N(C)C)c(C#N)c(=O)n1-c1c(C)n(C)n(-c2ccccc2)c1=O. The van der Waals surface area contributed by atoms with Gasteiger partial charge in [-0.25, -0.2) is 4.68 Å². The molecule has 7 heteroatoms. The van der Waals surface area contributed by atoms with E-state index in [2.05, 4.69) is 0 Å². The zero-order valence-electron chi connectivity index (χ0n) is 17.2. The van der Waals surface area contributed by atoms with Gasteiger partial charge in [-0.2, -0.15) is 5.26 Å². The highest BCUT2D eigenvalue weighted by Gasteiger charge is 2.22. The van der Waals surface area contributed by atoms with Gasteiger partial charge in [0, 0.05) is 32.4 Å². The molecule has 1 aromatic carbocycles. The zero-order chi connectivity index (χ0) is 21.3. The Kier molecular flexibility index (Phi) is 5.29. The van der Waals surface area contributed by atoms with Crippen LogP contribution in [0.15, 0.2) is 52.2 Å². The summed E-state index contributed by atoms with van der Waals surface area (Å²) in [7, 11) is 5.49. The average molecular weight is 389 g/mol. The molecule has 3 aromatic rings. The second-order valence-electron chi connectivity index (χ2n) is 7.06. The van der Waals surface area contributed by atoms with Gasteiger partial charge in [0.05, 0.1) is 11.4 Å². The van der Waals surface area contributed by atoms with Gasteiger partial charge >= 0.3 is 0 Å². The van der Waals surface area contributed by atoms with E-state index in [9.17, 15) is 14.9 Å². The number of aromatic nitrogens is 3. The summed E-state index contributed by atoms with van der Waals surface area (Å²) in [4.78, 5) is 28.3. The van der Waals surface area contributed by atoms with Crippen molar-refractivity contribution in [1.82, 2.24) is 18.8 Å². The van der Waals surface area contributed by atoms with Crippen LogP contribution in [0, 0.1) is 25.2 Å². The first-order valence-corrected chi connectivity index (χ1v) is 9.13. The Morgan fingerprint density at radius 1 is 1.07 bits per heavy atom. The van der Waals surface area contributed by atoms with E-state index in [0.717, 1.165) is 0 Å². The Bertz CT molecular complexity index is 1250. The Labute approximate surface area is 168 Å². The standard InChI is InChI=1S/C22H23N5O2/c1-15-13-17(11-12-24(3)4)19(14-23)21(28)26(15)20-16(2)25(5)27(22(20)29)18-9-7-6-8-10-18/h6-13H,1-5H3/b12-11+. The van der Waals surface area contributed by atoms with Gasteiger partial charge < -0.3 is 4.90 Å². The average Bonchev–Trinajstić information content (AvgIpc) is 2.90. The molecule has 7 nitrogen and oxygen atoms in total. The number of nitrogens with zero attached hydrogens (tertiary/aromatic N) is 5. The Morgan fingerprint density at radius 3 is 2.31 bits per heavy atom. The predicted octanol–water partition coefficient (Wildman–Crippen LogP) is 2.35. The molecule has 2 heterocycles. The topological polar surface area (TPSA) is 76.0 Å². The van der Waals surface area contributed by atoms with E-state index < -0.39 is 5.56 Å². The fourth-order valence-corrected chi connectivity index (χ4v) is 3.32. The van der Waals surface area contributed by atoms with Crippen molar-refractivity contribution in [3.63, 3.8) is 0 Å². The van der Waals surface area contributed by atoms with Crippen molar-refractivity contribution >= 4 is 6.08 Å². The van der Waals surface area contributed by atoms with E-state index in [1.54, 1.807) is 43.9 Å². The van der Waals surface area contributed by atoms with Gasteiger partial charge in [0.15, 0.2) is 0 Å². The van der Waals surface area contributed by atoms with E-state index in [1.165, 1.54) is 9.25 Å². The molecule has 0 fully saturated rings. The first kappa shape index (κ1) is 20.0. The van der Waals surface area contributed by atoms with Crippen LogP contribution in [-0.4, -0.2) is 32.9 Å². The summed E-state index contributed by atoms with van der Waals surface area (Å²) in [6.45, 7) is 3.54. The normalized spacial score (nSPS) is 11.0. The quantitative estimate of drug-likeness (QED) is 0.686. The number of para-hydroxylation sites is 1. The fourth-order valence-electron chi connectivity index (χ4n) is 3.32. The van der Waals surface area contributed by atoms with Crippen molar-refractivity contribution in [2.75, 3.05) is 14.1 Å². The van der Waals surface area contributed by atoms with Gasteiger partial charge in [-0.1, -0.05) is 18.2 Å². The van der Waals surface area contributed by atoms with Crippen LogP contribution in [0.3, 0.4) is 0 Å². The van der Waals surface area contributed by atoms with Crippen molar-refractivity contribution in [2.45, 2.75) is 13.8 Å². The lowest BCUT2D eigenvalue weighted by molar-refractivity contribution is 0.567. The summed E-state index contributed by atoms with van der Waals surface area (Å²) >= 11 is 0. The molecule has 0 spiro atoms. The van der Waals surface area contributed by atoms with Gasteiger partial charge in [0.1, 0.15) is 17.3 Å². The van der Waals surface area contributed by atoms with Crippen LogP contribution in [0.1, 0.15) is 22.5 Å². The highest BCUT2D eigenvalue weighted by molar-refractivity contribution is 5.59. The third-order valence-corrected chi connectivity index (χ3v) is 4.83. The summed E-state index contributed by atoms with van der Waals surface area (Å²) in [5.41, 5.74) is 1.87. The first-order valence-electron chi connectivity index (χ1n) is 9.13. The molecular formula is C22H23N5O2. The monoisotopic (exact) mass is 389 g/mol. The number of rotatable bonds is 4. The summed E-state index contributed by atoms with van der Waals surface area (Å²) < 4.78 is 4.57. The number of hydrogen-bond acceptors (Lipinski definition) is 4. The van der Waals surface area contributed by atoms with Gasteiger partial charge in [0.2, 0.25) is 0 Å². The van der Waals surface area contributed by atoms with Crippen LogP contribution in [-0.2, 0) is 7.05 Å². The van der Waals surface area contributed by atoms with E-state index in [0.29, 0.717) is 22.6 Å². The lowest BCUT2D eigenvalue weighted by Crippen LogP contribution is -2.29. The lowest BCUT2D eigenvalue weighted by Gasteiger charge is -2.11. The van der Waals surface area contributed by atoms with Crippen molar-refractivity contribution in [1.29, 1.82) is 5.26 Å². The molecule has 0 bridgehead atoms. The molecule has 0 aliphatic heterocycles. The van der Waals surface area contributed by atoms with E-state index in [-0.39, 0.29) is 16.8 Å². The third kappa shape index (κ3) is 3.41. The van der Waals surface area contributed by atoms with E-state index >= 15 is 0 Å². The molecular weight excluding hydrogens is 366 g/mol. The van der Waals surface area contributed by atoms with Crippen LogP contribution in [0.5, 0.6) is 0 Å². The minimum Gasteiger partial charge on any atom is -0.383 e. The molecule has 0 radical (unpaired) electrons. The largest absolute Gasteiger partial charge is 0.383 e. The van der Waals surface area contributed by atoms with Crippen molar-refractivity contribution in [2.24, 2.45) is 7.05 Å². The second kappa shape index (κ2) is 7.68.